The summed E-state index contributed by atoms with van der Waals surface area (Å²) in [6, 6.07) is 24.9. The quantitative estimate of drug-likeness (QED) is 0.236. The number of ether oxygens (including phenoxy) is 1. The van der Waals surface area contributed by atoms with E-state index in [2.05, 4.69) is 17.5 Å². The summed E-state index contributed by atoms with van der Waals surface area (Å²) in [5, 5.41) is 4.01. The average molecular weight is 488 g/mol. The molecule has 1 fully saturated rings. The second-order valence-corrected chi connectivity index (χ2v) is 9.33. The molecule has 0 saturated carbocycles. The van der Waals surface area contributed by atoms with E-state index in [4.69, 9.17) is 4.74 Å². The molecule has 0 radical (unpaired) electrons. The topological polar surface area (TPSA) is 71.0 Å². The van der Waals surface area contributed by atoms with Gasteiger partial charge in [0.2, 0.25) is 5.91 Å². The van der Waals surface area contributed by atoms with Crippen LogP contribution < -0.4 is 10.2 Å². The summed E-state index contributed by atoms with van der Waals surface area (Å²) in [5.41, 5.74) is 6.04. The maximum absolute atomic E-state index is 12.5. The standard InChI is InChI=1S/C28H29N3O3S/c1-2-3-17-34-25-15-9-21(10-16-25)18-29-30-27(33)23-11-13-24(14-12-23)28-31(26(32)20-35-28)19-22-7-5-4-6-8-22/h4-16,18,28H,2-3,17,19-20H2,1H3,(H,30,33)/b29-18-/t28-/m0/s1. The minimum Gasteiger partial charge on any atom is -0.494 e. The smallest absolute Gasteiger partial charge is 0.271 e. The molecule has 4 rings (SSSR count). The Labute approximate surface area is 210 Å². The molecule has 6 nitrogen and oxygen atoms in total. The summed E-state index contributed by atoms with van der Waals surface area (Å²) in [5.74, 6) is 1.12. The van der Waals surface area contributed by atoms with E-state index in [-0.39, 0.29) is 17.2 Å². The van der Waals surface area contributed by atoms with Crippen molar-refractivity contribution in [2.75, 3.05) is 12.4 Å². The second-order valence-electron chi connectivity index (χ2n) is 8.26. The molecule has 7 heteroatoms. The van der Waals surface area contributed by atoms with Crippen molar-refractivity contribution >= 4 is 29.8 Å². The first-order valence-electron chi connectivity index (χ1n) is 11.8. The fourth-order valence-electron chi connectivity index (χ4n) is 3.69. The van der Waals surface area contributed by atoms with Gasteiger partial charge in [-0.05, 0) is 59.5 Å². The van der Waals surface area contributed by atoms with Crippen LogP contribution in [0.3, 0.4) is 0 Å². The highest BCUT2D eigenvalue weighted by Gasteiger charge is 2.32. The number of hydrogen-bond donors (Lipinski definition) is 1. The Bertz CT molecular complexity index is 1150. The highest BCUT2D eigenvalue weighted by atomic mass is 32.2. The maximum Gasteiger partial charge on any atom is 0.271 e. The molecule has 1 saturated heterocycles. The molecule has 1 aliphatic rings. The highest BCUT2D eigenvalue weighted by molar-refractivity contribution is 8.00. The Kier molecular flexibility index (Phi) is 8.57. The lowest BCUT2D eigenvalue weighted by Gasteiger charge is -2.24. The maximum atomic E-state index is 12.5. The van der Waals surface area contributed by atoms with E-state index in [1.807, 2.05) is 71.6 Å². The molecule has 35 heavy (non-hydrogen) atoms. The lowest BCUT2D eigenvalue weighted by molar-refractivity contribution is -0.128. The Morgan fingerprint density at radius 1 is 1.09 bits per heavy atom. The molecular weight excluding hydrogens is 458 g/mol. The molecule has 0 aliphatic carbocycles. The van der Waals surface area contributed by atoms with Crippen LogP contribution in [0.4, 0.5) is 0 Å². The number of unbranched alkanes of at least 4 members (excludes halogenated alkanes) is 1. The zero-order chi connectivity index (χ0) is 24.5. The number of amides is 2. The van der Waals surface area contributed by atoms with Crippen LogP contribution >= 0.6 is 11.8 Å². The number of nitrogens with one attached hydrogen (secondary N) is 1. The van der Waals surface area contributed by atoms with E-state index in [1.54, 1.807) is 30.1 Å². The van der Waals surface area contributed by atoms with Crippen LogP contribution in [0, 0.1) is 0 Å². The molecule has 1 atom stereocenters. The van der Waals surface area contributed by atoms with Crippen molar-refractivity contribution in [2.24, 2.45) is 5.10 Å². The van der Waals surface area contributed by atoms with Gasteiger partial charge in [-0.1, -0.05) is 55.8 Å². The van der Waals surface area contributed by atoms with Gasteiger partial charge >= 0.3 is 0 Å². The number of thioether (sulfide) groups is 1. The van der Waals surface area contributed by atoms with Crippen molar-refractivity contribution in [3.8, 4) is 5.75 Å². The summed E-state index contributed by atoms with van der Waals surface area (Å²) >= 11 is 1.61. The zero-order valence-electron chi connectivity index (χ0n) is 19.7. The van der Waals surface area contributed by atoms with Gasteiger partial charge in [0.25, 0.3) is 5.91 Å². The number of hydrogen-bond acceptors (Lipinski definition) is 5. The minimum atomic E-state index is -0.288. The van der Waals surface area contributed by atoms with Crippen molar-refractivity contribution in [1.82, 2.24) is 10.3 Å². The van der Waals surface area contributed by atoms with Crippen molar-refractivity contribution in [3.05, 3.63) is 101 Å². The predicted octanol–water partition coefficient (Wildman–Crippen LogP) is 5.40. The number of benzene rings is 3. The normalized spacial score (nSPS) is 15.5. The number of carbonyl (C=O) groups is 2. The number of carbonyl (C=O) groups excluding carboxylic acids is 2. The fraction of sp³-hybridized carbons (Fsp3) is 0.250. The van der Waals surface area contributed by atoms with E-state index in [9.17, 15) is 9.59 Å². The lowest BCUT2D eigenvalue weighted by atomic mass is 10.1. The first-order chi connectivity index (χ1) is 17.1. The third-order valence-corrected chi connectivity index (χ3v) is 6.90. The number of rotatable bonds is 10. The molecule has 1 N–H and O–H groups in total. The first-order valence-corrected chi connectivity index (χ1v) is 12.8. The van der Waals surface area contributed by atoms with Gasteiger partial charge in [0.1, 0.15) is 11.1 Å². The SMILES string of the molecule is CCCCOc1ccc(/C=N\NC(=O)c2ccc([C@@H]3SCC(=O)N3Cc3ccccc3)cc2)cc1. The van der Waals surface area contributed by atoms with E-state index < -0.39 is 0 Å². The molecule has 180 valence electrons. The minimum absolute atomic E-state index is 0.0632. The lowest BCUT2D eigenvalue weighted by Crippen LogP contribution is -2.27. The summed E-state index contributed by atoms with van der Waals surface area (Å²) in [6.45, 7) is 3.41. The summed E-state index contributed by atoms with van der Waals surface area (Å²) < 4.78 is 5.65. The van der Waals surface area contributed by atoms with Crippen LogP contribution in [0.1, 0.15) is 52.2 Å². The van der Waals surface area contributed by atoms with Crippen molar-refractivity contribution in [3.63, 3.8) is 0 Å². The van der Waals surface area contributed by atoms with Gasteiger partial charge in [0.05, 0.1) is 18.6 Å². The number of hydrazone groups is 1. The Morgan fingerprint density at radius 3 is 2.54 bits per heavy atom. The highest BCUT2D eigenvalue weighted by Crippen LogP contribution is 2.39. The van der Waals surface area contributed by atoms with Crippen molar-refractivity contribution in [1.29, 1.82) is 0 Å². The van der Waals surface area contributed by atoms with Crippen LogP contribution in [-0.4, -0.2) is 35.3 Å². The van der Waals surface area contributed by atoms with E-state index in [0.717, 1.165) is 35.3 Å². The molecule has 0 unspecified atom stereocenters. The summed E-state index contributed by atoms with van der Waals surface area (Å²) in [7, 11) is 0. The summed E-state index contributed by atoms with van der Waals surface area (Å²) in [4.78, 5) is 26.9. The van der Waals surface area contributed by atoms with Gasteiger partial charge in [0, 0.05) is 12.1 Å². The molecule has 0 spiro atoms. The number of nitrogens with zero attached hydrogens (tertiary/aromatic N) is 2. The predicted molar refractivity (Wildman–Crippen MR) is 141 cm³/mol. The zero-order valence-corrected chi connectivity index (χ0v) is 20.5. The van der Waals surface area contributed by atoms with Gasteiger partial charge in [0.15, 0.2) is 0 Å². The largest absolute Gasteiger partial charge is 0.494 e. The van der Waals surface area contributed by atoms with Gasteiger partial charge in [-0.25, -0.2) is 5.43 Å². The molecule has 2 amide bonds. The Hall–Kier alpha value is -3.58. The van der Waals surface area contributed by atoms with Crippen LogP contribution in [-0.2, 0) is 11.3 Å². The van der Waals surface area contributed by atoms with Gasteiger partial charge < -0.3 is 9.64 Å². The monoisotopic (exact) mass is 487 g/mol. The van der Waals surface area contributed by atoms with E-state index in [1.165, 1.54) is 0 Å². The molecule has 1 heterocycles. The molecule has 1 aliphatic heterocycles. The van der Waals surface area contributed by atoms with Gasteiger partial charge in [-0.15, -0.1) is 11.8 Å². The van der Waals surface area contributed by atoms with Crippen LogP contribution in [0.2, 0.25) is 0 Å². The Morgan fingerprint density at radius 2 is 1.83 bits per heavy atom. The van der Waals surface area contributed by atoms with Gasteiger partial charge in [-0.2, -0.15) is 5.10 Å². The van der Waals surface area contributed by atoms with Crippen molar-refractivity contribution < 1.29 is 14.3 Å². The molecule has 0 bridgehead atoms. The third-order valence-electron chi connectivity index (χ3n) is 5.65. The van der Waals surface area contributed by atoms with Crippen molar-refractivity contribution in [2.45, 2.75) is 31.7 Å². The molecular formula is C28H29N3O3S. The summed E-state index contributed by atoms with van der Waals surface area (Å²) in [6.07, 6.45) is 3.73. The fourth-order valence-corrected chi connectivity index (χ4v) is 4.88. The molecule has 0 aromatic heterocycles. The van der Waals surface area contributed by atoms with Gasteiger partial charge in [-0.3, -0.25) is 9.59 Å². The molecule has 3 aromatic carbocycles. The van der Waals surface area contributed by atoms with Crippen LogP contribution in [0.5, 0.6) is 5.75 Å². The van der Waals surface area contributed by atoms with Crippen LogP contribution in [0.25, 0.3) is 0 Å². The van der Waals surface area contributed by atoms with E-state index >= 15 is 0 Å². The molecule has 3 aromatic rings. The second kappa shape index (κ2) is 12.2. The Balaban J connectivity index is 1.32. The third kappa shape index (κ3) is 6.73. The van der Waals surface area contributed by atoms with Crippen LogP contribution in [0.15, 0.2) is 84.0 Å². The first kappa shape index (κ1) is 24.5. The average Bonchev–Trinajstić information content (AvgIpc) is 3.25. The van der Waals surface area contributed by atoms with E-state index in [0.29, 0.717) is 24.5 Å².